The maximum atomic E-state index is 13.9. The van der Waals surface area contributed by atoms with Crippen LogP contribution in [0.5, 0.6) is 5.88 Å². The van der Waals surface area contributed by atoms with E-state index in [0.717, 1.165) is 5.56 Å². The molecular formula is C13H15FN4O. The van der Waals surface area contributed by atoms with Crippen molar-refractivity contribution in [2.75, 3.05) is 12.4 Å². The Kier molecular flexibility index (Phi) is 4.22. The Morgan fingerprint density at radius 2 is 2.16 bits per heavy atom. The Morgan fingerprint density at radius 1 is 1.32 bits per heavy atom. The van der Waals surface area contributed by atoms with Gasteiger partial charge in [-0.25, -0.2) is 19.3 Å². The van der Waals surface area contributed by atoms with Gasteiger partial charge >= 0.3 is 0 Å². The third kappa shape index (κ3) is 3.15. The smallest absolute Gasteiger partial charge is 0.213 e. The molecule has 0 atom stereocenters. The third-order valence-corrected chi connectivity index (χ3v) is 2.66. The molecule has 0 spiro atoms. The summed E-state index contributed by atoms with van der Waals surface area (Å²) in [5.74, 6) is 0.338. The van der Waals surface area contributed by atoms with Gasteiger partial charge in [0.05, 0.1) is 12.8 Å². The van der Waals surface area contributed by atoms with Gasteiger partial charge in [0, 0.05) is 18.8 Å². The summed E-state index contributed by atoms with van der Waals surface area (Å²) in [5, 5.41) is 2.95. The Balaban J connectivity index is 2.10. The maximum absolute atomic E-state index is 13.9. The maximum Gasteiger partial charge on any atom is 0.213 e. The number of nitrogens with one attached hydrogen (secondary N) is 1. The van der Waals surface area contributed by atoms with Crippen LogP contribution in [0.4, 0.5) is 10.2 Å². The van der Waals surface area contributed by atoms with Crippen molar-refractivity contribution in [3.8, 4) is 5.88 Å². The molecule has 0 fully saturated rings. The number of aromatic nitrogens is 3. The zero-order chi connectivity index (χ0) is 13.7. The number of halogens is 1. The van der Waals surface area contributed by atoms with Crippen molar-refractivity contribution in [3.63, 3.8) is 0 Å². The van der Waals surface area contributed by atoms with Crippen LogP contribution in [0.2, 0.25) is 0 Å². The van der Waals surface area contributed by atoms with Crippen LogP contribution in [0.3, 0.4) is 0 Å². The number of rotatable bonds is 5. The highest BCUT2D eigenvalue weighted by molar-refractivity contribution is 5.38. The molecule has 100 valence electrons. The van der Waals surface area contributed by atoms with Crippen molar-refractivity contribution < 1.29 is 9.13 Å². The second kappa shape index (κ2) is 6.08. The zero-order valence-electron chi connectivity index (χ0n) is 10.9. The summed E-state index contributed by atoms with van der Waals surface area (Å²) >= 11 is 0. The molecule has 19 heavy (non-hydrogen) atoms. The molecule has 5 nitrogen and oxygen atoms in total. The van der Waals surface area contributed by atoms with Gasteiger partial charge in [-0.3, -0.25) is 0 Å². The fraction of sp³-hybridized carbons (Fsp3) is 0.308. The van der Waals surface area contributed by atoms with Crippen molar-refractivity contribution in [1.29, 1.82) is 0 Å². The van der Waals surface area contributed by atoms with E-state index in [1.807, 2.05) is 13.0 Å². The highest BCUT2D eigenvalue weighted by Gasteiger charge is 2.09. The van der Waals surface area contributed by atoms with Crippen molar-refractivity contribution in [2.24, 2.45) is 0 Å². The molecule has 0 amide bonds. The zero-order valence-corrected chi connectivity index (χ0v) is 10.9. The van der Waals surface area contributed by atoms with E-state index in [1.165, 1.54) is 6.33 Å². The SMILES string of the molecule is CCc1ncnc(NCc2ccnc(OC)c2)c1F. The minimum absolute atomic E-state index is 0.211. The Hall–Kier alpha value is -2.24. The van der Waals surface area contributed by atoms with Gasteiger partial charge in [-0.1, -0.05) is 6.92 Å². The second-order valence-corrected chi connectivity index (χ2v) is 3.90. The van der Waals surface area contributed by atoms with Gasteiger partial charge in [0.2, 0.25) is 5.88 Å². The number of hydrogen-bond donors (Lipinski definition) is 1. The summed E-state index contributed by atoms with van der Waals surface area (Å²) < 4.78 is 18.9. The van der Waals surface area contributed by atoms with Gasteiger partial charge in [-0.15, -0.1) is 0 Å². The number of hydrogen-bond acceptors (Lipinski definition) is 5. The van der Waals surface area contributed by atoms with E-state index in [1.54, 1.807) is 19.4 Å². The van der Waals surface area contributed by atoms with Gasteiger partial charge in [0.1, 0.15) is 6.33 Å². The summed E-state index contributed by atoms with van der Waals surface area (Å²) in [4.78, 5) is 11.8. The summed E-state index contributed by atoms with van der Waals surface area (Å²) in [6, 6.07) is 3.61. The van der Waals surface area contributed by atoms with Crippen molar-refractivity contribution in [2.45, 2.75) is 19.9 Å². The van der Waals surface area contributed by atoms with Crippen molar-refractivity contribution in [3.05, 3.63) is 41.7 Å². The standard InChI is InChI=1S/C13H15FN4O/c1-3-10-12(14)13(18-8-17-10)16-7-9-4-5-15-11(6-9)19-2/h4-6,8H,3,7H2,1-2H3,(H,16,17,18). The summed E-state index contributed by atoms with van der Waals surface area (Å²) in [7, 11) is 1.55. The number of anilines is 1. The number of pyridine rings is 1. The van der Waals surface area contributed by atoms with E-state index in [-0.39, 0.29) is 5.82 Å². The fourth-order valence-electron chi connectivity index (χ4n) is 1.63. The molecule has 6 heteroatoms. The first-order chi connectivity index (χ1) is 9.24. The molecule has 0 aliphatic heterocycles. The molecule has 2 aromatic heterocycles. The monoisotopic (exact) mass is 262 g/mol. The molecule has 2 heterocycles. The molecule has 2 aromatic rings. The Bertz CT molecular complexity index is 562. The molecule has 1 N–H and O–H groups in total. The minimum Gasteiger partial charge on any atom is -0.481 e. The highest BCUT2D eigenvalue weighted by Crippen LogP contribution is 2.15. The van der Waals surface area contributed by atoms with Gasteiger partial charge in [0.25, 0.3) is 0 Å². The van der Waals surface area contributed by atoms with E-state index in [0.29, 0.717) is 24.5 Å². The van der Waals surface area contributed by atoms with Crippen LogP contribution in [-0.4, -0.2) is 22.1 Å². The molecular weight excluding hydrogens is 247 g/mol. The number of ether oxygens (including phenoxy) is 1. The van der Waals surface area contributed by atoms with Crippen LogP contribution in [0.1, 0.15) is 18.2 Å². The molecule has 0 unspecified atom stereocenters. The largest absolute Gasteiger partial charge is 0.481 e. The predicted octanol–water partition coefficient (Wildman–Crippen LogP) is 2.19. The lowest BCUT2D eigenvalue weighted by Crippen LogP contribution is -2.07. The molecule has 0 saturated carbocycles. The number of methoxy groups -OCH3 is 1. The van der Waals surface area contributed by atoms with Crippen LogP contribution in [-0.2, 0) is 13.0 Å². The van der Waals surface area contributed by atoms with E-state index >= 15 is 0 Å². The molecule has 0 aliphatic rings. The molecule has 0 aromatic carbocycles. The quantitative estimate of drug-likeness (QED) is 0.895. The van der Waals surface area contributed by atoms with E-state index < -0.39 is 5.82 Å². The lowest BCUT2D eigenvalue weighted by atomic mass is 10.2. The van der Waals surface area contributed by atoms with Crippen LogP contribution in [0.25, 0.3) is 0 Å². The van der Waals surface area contributed by atoms with Crippen molar-refractivity contribution in [1.82, 2.24) is 15.0 Å². The Morgan fingerprint density at radius 3 is 2.89 bits per heavy atom. The van der Waals surface area contributed by atoms with Crippen LogP contribution < -0.4 is 10.1 Å². The first-order valence-corrected chi connectivity index (χ1v) is 5.96. The lowest BCUT2D eigenvalue weighted by molar-refractivity contribution is 0.397. The molecule has 0 saturated heterocycles. The molecule has 0 aliphatic carbocycles. The highest BCUT2D eigenvalue weighted by atomic mass is 19.1. The first kappa shape index (κ1) is 13.2. The number of aryl methyl sites for hydroxylation is 1. The van der Waals surface area contributed by atoms with Crippen LogP contribution >= 0.6 is 0 Å². The Labute approximate surface area is 110 Å². The summed E-state index contributed by atoms with van der Waals surface area (Å²) in [6.45, 7) is 2.29. The summed E-state index contributed by atoms with van der Waals surface area (Å²) in [6.07, 6.45) is 3.53. The van der Waals surface area contributed by atoms with Gasteiger partial charge in [-0.05, 0) is 18.1 Å². The van der Waals surface area contributed by atoms with Crippen LogP contribution in [0.15, 0.2) is 24.7 Å². The second-order valence-electron chi connectivity index (χ2n) is 3.90. The number of nitrogens with zero attached hydrogens (tertiary/aromatic N) is 3. The topological polar surface area (TPSA) is 59.9 Å². The molecule has 2 rings (SSSR count). The molecule has 0 bridgehead atoms. The predicted molar refractivity (Wildman–Crippen MR) is 69.5 cm³/mol. The average molecular weight is 262 g/mol. The average Bonchev–Trinajstić information content (AvgIpc) is 2.46. The normalized spacial score (nSPS) is 10.3. The van der Waals surface area contributed by atoms with Gasteiger partial charge < -0.3 is 10.1 Å². The lowest BCUT2D eigenvalue weighted by Gasteiger charge is -2.08. The van der Waals surface area contributed by atoms with Gasteiger partial charge in [0.15, 0.2) is 11.6 Å². The van der Waals surface area contributed by atoms with E-state index in [4.69, 9.17) is 4.74 Å². The van der Waals surface area contributed by atoms with Crippen LogP contribution in [0, 0.1) is 5.82 Å². The fourth-order valence-corrected chi connectivity index (χ4v) is 1.63. The van der Waals surface area contributed by atoms with Gasteiger partial charge in [-0.2, -0.15) is 0 Å². The van der Waals surface area contributed by atoms with Crippen molar-refractivity contribution >= 4 is 5.82 Å². The third-order valence-electron chi connectivity index (χ3n) is 2.66. The first-order valence-electron chi connectivity index (χ1n) is 5.96. The summed E-state index contributed by atoms with van der Waals surface area (Å²) in [5.41, 5.74) is 1.34. The van der Waals surface area contributed by atoms with E-state index in [9.17, 15) is 4.39 Å². The molecule has 0 radical (unpaired) electrons. The van der Waals surface area contributed by atoms with E-state index in [2.05, 4.69) is 20.3 Å². The minimum atomic E-state index is -0.397.